The van der Waals surface area contributed by atoms with Crippen LogP contribution in [0.2, 0.25) is 4.97 Å². The van der Waals surface area contributed by atoms with Gasteiger partial charge in [0, 0.05) is 0 Å². The van der Waals surface area contributed by atoms with Crippen molar-refractivity contribution in [3.8, 4) is 0 Å². The Morgan fingerprint density at radius 1 is 0.875 bits per heavy atom. The number of hydrogen-bond donors (Lipinski definition) is 0. The summed E-state index contributed by atoms with van der Waals surface area (Å²) in [7, 11) is 0. The summed E-state index contributed by atoms with van der Waals surface area (Å²) in [5.74, 6) is 0. The Balaban J connectivity index is 2.08. The summed E-state index contributed by atoms with van der Waals surface area (Å²) in [6.45, 7) is 2.14. The van der Waals surface area contributed by atoms with Crippen LogP contribution in [-0.4, -0.2) is 19.6 Å². The summed E-state index contributed by atoms with van der Waals surface area (Å²) in [6, 6.07) is 19.9. The average Bonchev–Trinajstić information content (AvgIpc) is 2.33. The van der Waals surface area contributed by atoms with Gasteiger partial charge in [-0.1, -0.05) is 0 Å². The van der Waals surface area contributed by atoms with Crippen molar-refractivity contribution in [3.63, 3.8) is 0 Å². The van der Waals surface area contributed by atoms with E-state index in [1.165, 1.54) is 15.6 Å². The Bertz CT molecular complexity index is 431. The second kappa shape index (κ2) is 5.53. The van der Waals surface area contributed by atoms with Gasteiger partial charge in [0.05, 0.1) is 0 Å². The van der Waals surface area contributed by atoms with E-state index in [0.29, 0.717) is 0 Å². The molecule has 0 saturated carbocycles. The number of aryl methyl sites for hydroxylation is 1. The van der Waals surface area contributed by atoms with E-state index in [2.05, 4.69) is 66.5 Å². The van der Waals surface area contributed by atoms with Crippen LogP contribution in [0.4, 0.5) is 0 Å². The first-order chi connectivity index (χ1) is 7.75. The molecule has 82 valence electrons. The fourth-order valence-electron chi connectivity index (χ4n) is 1.67. The van der Waals surface area contributed by atoms with Gasteiger partial charge in [0.15, 0.2) is 0 Å². The summed E-state index contributed by atoms with van der Waals surface area (Å²) in [4.78, 5) is 2.46. The van der Waals surface area contributed by atoms with E-state index in [-0.39, 0.29) is 0 Å². The summed E-state index contributed by atoms with van der Waals surface area (Å²) in [5, 5.41) is 0. The Labute approximate surface area is 105 Å². The first kappa shape index (κ1) is 11.7. The van der Waals surface area contributed by atoms with Crippen LogP contribution in [0, 0.1) is 6.92 Å². The van der Waals surface area contributed by atoms with Crippen molar-refractivity contribution in [3.05, 3.63) is 65.7 Å². The van der Waals surface area contributed by atoms with Gasteiger partial charge in [-0.05, 0) is 0 Å². The molecular weight excluding hydrogens is 308 g/mol. The first-order valence-corrected chi connectivity index (χ1v) is 10.6. The maximum atomic E-state index is 2.46. The summed E-state index contributed by atoms with van der Waals surface area (Å²) < 4.78 is 2.87. The molecule has 0 atom stereocenters. The van der Waals surface area contributed by atoms with Crippen molar-refractivity contribution < 1.29 is 0 Å². The fourth-order valence-corrected chi connectivity index (χ4v) is 5.90. The average molecular weight is 325 g/mol. The van der Waals surface area contributed by atoms with E-state index in [4.69, 9.17) is 0 Å². The monoisotopic (exact) mass is 327 g/mol. The third kappa shape index (κ3) is 3.11. The SMILES string of the molecule is Cc1ccc(C[Te+](C)c2ccccc2)cc1. The molecule has 0 spiro atoms. The van der Waals surface area contributed by atoms with Crippen molar-refractivity contribution in [1.82, 2.24) is 0 Å². The minimum absolute atomic E-state index is 1.11. The second-order valence-corrected chi connectivity index (χ2v) is 9.89. The Kier molecular flexibility index (Phi) is 4.04. The molecule has 0 saturated heterocycles. The molecule has 0 N–H and O–H groups in total. The summed E-state index contributed by atoms with van der Waals surface area (Å²) in [6.07, 6.45) is 0. The van der Waals surface area contributed by atoms with Crippen LogP contribution >= 0.6 is 0 Å². The molecule has 0 aliphatic heterocycles. The number of hydrogen-bond acceptors (Lipinski definition) is 0. The molecule has 0 radical (unpaired) electrons. The zero-order chi connectivity index (χ0) is 11.4. The van der Waals surface area contributed by atoms with Gasteiger partial charge in [-0.25, -0.2) is 0 Å². The minimum atomic E-state index is -1.11. The van der Waals surface area contributed by atoms with Gasteiger partial charge in [-0.3, -0.25) is 0 Å². The van der Waals surface area contributed by atoms with E-state index in [1.807, 2.05) is 0 Å². The molecule has 1 heteroatoms. The molecule has 0 heterocycles. The van der Waals surface area contributed by atoms with Gasteiger partial charge in [-0.15, -0.1) is 0 Å². The summed E-state index contributed by atoms with van der Waals surface area (Å²) in [5.41, 5.74) is 2.84. The van der Waals surface area contributed by atoms with Crippen molar-refractivity contribution in [2.75, 3.05) is 0 Å². The van der Waals surface area contributed by atoms with E-state index in [9.17, 15) is 0 Å². The van der Waals surface area contributed by atoms with Gasteiger partial charge >= 0.3 is 105 Å². The van der Waals surface area contributed by atoms with Gasteiger partial charge in [-0.2, -0.15) is 0 Å². The molecule has 0 bridgehead atoms. The summed E-state index contributed by atoms with van der Waals surface area (Å²) >= 11 is -1.11. The van der Waals surface area contributed by atoms with Crippen LogP contribution in [0.3, 0.4) is 0 Å². The fraction of sp³-hybridized carbons (Fsp3) is 0.200. The van der Waals surface area contributed by atoms with E-state index < -0.39 is 19.6 Å². The first-order valence-electron chi connectivity index (χ1n) is 5.49. The zero-order valence-electron chi connectivity index (χ0n) is 9.81. The quantitative estimate of drug-likeness (QED) is 0.761. The maximum absolute atomic E-state index is 2.46. The van der Waals surface area contributed by atoms with Crippen LogP contribution < -0.4 is 3.61 Å². The molecule has 0 unspecified atom stereocenters. The third-order valence-electron chi connectivity index (χ3n) is 2.65. The Morgan fingerprint density at radius 2 is 1.50 bits per heavy atom. The predicted octanol–water partition coefficient (Wildman–Crippen LogP) is 3.11. The molecule has 2 aromatic rings. The molecule has 0 amide bonds. The normalized spacial score (nSPS) is 10.7. The number of benzene rings is 2. The van der Waals surface area contributed by atoms with Crippen molar-refractivity contribution in [2.45, 2.75) is 16.4 Å². The van der Waals surface area contributed by atoms with Gasteiger partial charge < -0.3 is 0 Å². The topological polar surface area (TPSA) is 0 Å². The van der Waals surface area contributed by atoms with Crippen LogP contribution in [0.5, 0.6) is 0 Å². The molecule has 0 aliphatic carbocycles. The second-order valence-electron chi connectivity index (χ2n) is 4.08. The van der Waals surface area contributed by atoms with Crippen molar-refractivity contribution >= 4 is 23.2 Å². The molecule has 2 rings (SSSR count). The Hall–Kier alpha value is -0.770. The van der Waals surface area contributed by atoms with E-state index in [1.54, 1.807) is 3.61 Å². The van der Waals surface area contributed by atoms with Crippen LogP contribution in [0.1, 0.15) is 11.1 Å². The third-order valence-corrected chi connectivity index (χ3v) is 7.91. The predicted molar refractivity (Wildman–Crippen MR) is 72.6 cm³/mol. The van der Waals surface area contributed by atoms with Crippen LogP contribution in [0.25, 0.3) is 0 Å². The molecule has 0 fully saturated rings. The molecule has 0 nitrogen and oxygen atoms in total. The molecule has 2 aromatic carbocycles. The van der Waals surface area contributed by atoms with Crippen molar-refractivity contribution in [2.24, 2.45) is 0 Å². The van der Waals surface area contributed by atoms with E-state index >= 15 is 0 Å². The van der Waals surface area contributed by atoms with Crippen molar-refractivity contribution in [1.29, 1.82) is 0 Å². The zero-order valence-corrected chi connectivity index (χ0v) is 12.1. The Morgan fingerprint density at radius 3 is 2.12 bits per heavy atom. The standard InChI is InChI=1S/C15H17Te/c1-13-8-10-14(11-9-13)12-16(2)15-6-4-3-5-7-15/h3-11H,12H2,1-2H3/q+1. The molecule has 0 aliphatic rings. The number of rotatable bonds is 3. The van der Waals surface area contributed by atoms with Crippen LogP contribution in [-0.2, 0) is 4.47 Å². The van der Waals surface area contributed by atoms with Gasteiger partial charge in [0.25, 0.3) is 0 Å². The van der Waals surface area contributed by atoms with Gasteiger partial charge in [0.2, 0.25) is 0 Å². The van der Waals surface area contributed by atoms with Crippen LogP contribution in [0.15, 0.2) is 54.6 Å². The molecular formula is C15H17Te+. The molecule has 0 aromatic heterocycles. The van der Waals surface area contributed by atoms with E-state index in [0.717, 1.165) is 0 Å². The van der Waals surface area contributed by atoms with Gasteiger partial charge in [0.1, 0.15) is 0 Å². The molecule has 16 heavy (non-hydrogen) atoms.